The first-order valence-electron chi connectivity index (χ1n) is 5.72. The molecule has 1 heterocycles. The predicted molar refractivity (Wildman–Crippen MR) is 67.9 cm³/mol. The molecular formula is C13H13N3O3. The van der Waals surface area contributed by atoms with E-state index in [4.69, 9.17) is 5.11 Å². The predicted octanol–water partition coefficient (Wildman–Crippen LogP) is 1.60. The Morgan fingerprint density at radius 1 is 1.32 bits per heavy atom. The third-order valence-corrected chi connectivity index (χ3v) is 2.72. The van der Waals surface area contributed by atoms with E-state index in [2.05, 4.69) is 15.3 Å². The smallest absolute Gasteiger partial charge is 0.354 e. The van der Waals surface area contributed by atoms with Crippen LogP contribution in [0, 0.1) is 0 Å². The number of nitrogens with zero attached hydrogens (tertiary/aromatic N) is 1. The highest BCUT2D eigenvalue weighted by molar-refractivity contribution is 6.02. The van der Waals surface area contributed by atoms with Gasteiger partial charge >= 0.3 is 5.97 Å². The first-order chi connectivity index (χ1) is 9.09. The number of aromatic carboxylic acids is 1. The average Bonchev–Trinajstić information content (AvgIpc) is 2.89. The summed E-state index contributed by atoms with van der Waals surface area (Å²) in [6.07, 6.45) is 1.19. The number of carboxylic acids is 1. The van der Waals surface area contributed by atoms with E-state index in [1.807, 2.05) is 37.3 Å². The lowest BCUT2D eigenvalue weighted by atomic mass is 10.1. The summed E-state index contributed by atoms with van der Waals surface area (Å²) in [7, 11) is 0. The van der Waals surface area contributed by atoms with Gasteiger partial charge in [-0.1, -0.05) is 30.3 Å². The van der Waals surface area contributed by atoms with E-state index in [1.54, 1.807) is 0 Å². The number of carboxylic acid groups (broad SMARTS) is 1. The number of aromatic amines is 1. The lowest BCUT2D eigenvalue weighted by molar-refractivity contribution is 0.0684. The number of benzene rings is 1. The molecule has 0 aliphatic heterocycles. The average molecular weight is 259 g/mol. The molecule has 6 nitrogen and oxygen atoms in total. The van der Waals surface area contributed by atoms with Crippen molar-refractivity contribution in [1.29, 1.82) is 0 Å². The standard InChI is InChI=1S/C13H13N3O3/c1-8(9-5-3-2-4-6-9)16-12(17)10-11(13(18)19)15-7-14-10/h2-8H,1H3,(H,14,15)(H,16,17)(H,18,19). The van der Waals surface area contributed by atoms with Crippen molar-refractivity contribution in [1.82, 2.24) is 15.3 Å². The Kier molecular flexibility index (Phi) is 3.61. The van der Waals surface area contributed by atoms with Gasteiger partial charge in [0.05, 0.1) is 12.4 Å². The van der Waals surface area contributed by atoms with Gasteiger partial charge in [-0.15, -0.1) is 0 Å². The van der Waals surface area contributed by atoms with E-state index in [0.717, 1.165) is 5.56 Å². The molecule has 1 aromatic heterocycles. The highest BCUT2D eigenvalue weighted by atomic mass is 16.4. The molecular weight excluding hydrogens is 246 g/mol. The Balaban J connectivity index is 2.13. The largest absolute Gasteiger partial charge is 0.477 e. The molecule has 1 unspecified atom stereocenters. The van der Waals surface area contributed by atoms with Crippen LogP contribution in [0.1, 0.15) is 39.5 Å². The van der Waals surface area contributed by atoms with E-state index < -0.39 is 11.9 Å². The first-order valence-corrected chi connectivity index (χ1v) is 5.72. The van der Waals surface area contributed by atoms with E-state index in [0.29, 0.717) is 0 Å². The molecule has 1 amide bonds. The molecule has 98 valence electrons. The van der Waals surface area contributed by atoms with Crippen LogP contribution in [0.25, 0.3) is 0 Å². The summed E-state index contributed by atoms with van der Waals surface area (Å²) in [6, 6.07) is 9.16. The summed E-state index contributed by atoms with van der Waals surface area (Å²) in [4.78, 5) is 29.0. The van der Waals surface area contributed by atoms with Crippen molar-refractivity contribution in [2.24, 2.45) is 0 Å². The number of nitrogens with one attached hydrogen (secondary N) is 2. The first kappa shape index (κ1) is 12.8. The molecule has 0 spiro atoms. The molecule has 0 aliphatic rings. The zero-order chi connectivity index (χ0) is 13.8. The minimum Gasteiger partial charge on any atom is -0.477 e. The number of amides is 1. The van der Waals surface area contributed by atoms with Crippen molar-refractivity contribution >= 4 is 11.9 Å². The molecule has 0 saturated carbocycles. The molecule has 0 fully saturated rings. The van der Waals surface area contributed by atoms with Crippen molar-refractivity contribution in [2.75, 3.05) is 0 Å². The van der Waals surface area contributed by atoms with Crippen LogP contribution < -0.4 is 5.32 Å². The number of carbonyl (C=O) groups excluding carboxylic acids is 1. The van der Waals surface area contributed by atoms with Crippen molar-refractivity contribution in [3.63, 3.8) is 0 Å². The zero-order valence-corrected chi connectivity index (χ0v) is 10.3. The Morgan fingerprint density at radius 3 is 2.63 bits per heavy atom. The molecule has 3 N–H and O–H groups in total. The third-order valence-electron chi connectivity index (χ3n) is 2.72. The van der Waals surface area contributed by atoms with Gasteiger partial charge in [-0.25, -0.2) is 9.78 Å². The van der Waals surface area contributed by atoms with E-state index in [-0.39, 0.29) is 17.4 Å². The third kappa shape index (κ3) is 2.79. The van der Waals surface area contributed by atoms with Gasteiger partial charge in [0, 0.05) is 0 Å². The topological polar surface area (TPSA) is 95.1 Å². The van der Waals surface area contributed by atoms with Crippen molar-refractivity contribution in [3.05, 3.63) is 53.6 Å². The van der Waals surface area contributed by atoms with Gasteiger partial charge < -0.3 is 15.4 Å². The Hall–Kier alpha value is -2.63. The fourth-order valence-corrected chi connectivity index (χ4v) is 1.72. The van der Waals surface area contributed by atoms with Crippen LogP contribution in [0.15, 0.2) is 36.7 Å². The van der Waals surface area contributed by atoms with Crippen LogP contribution in [-0.4, -0.2) is 27.0 Å². The summed E-state index contributed by atoms with van der Waals surface area (Å²) in [6.45, 7) is 1.82. The quantitative estimate of drug-likeness (QED) is 0.777. The number of aromatic nitrogens is 2. The minimum atomic E-state index is -1.21. The summed E-state index contributed by atoms with van der Waals surface area (Å²) in [5.41, 5.74) is 0.608. The minimum absolute atomic E-state index is 0.115. The number of H-pyrrole nitrogens is 1. The van der Waals surface area contributed by atoms with Gasteiger partial charge in [0.1, 0.15) is 0 Å². The molecule has 0 aliphatic carbocycles. The van der Waals surface area contributed by atoms with E-state index in [1.165, 1.54) is 6.33 Å². The van der Waals surface area contributed by atoms with Gasteiger partial charge in [0.25, 0.3) is 5.91 Å². The second-order valence-corrected chi connectivity index (χ2v) is 4.04. The molecule has 0 bridgehead atoms. The molecule has 6 heteroatoms. The van der Waals surface area contributed by atoms with Crippen LogP contribution >= 0.6 is 0 Å². The Morgan fingerprint density at radius 2 is 2.00 bits per heavy atom. The Labute approximate surface area is 109 Å². The number of hydrogen-bond acceptors (Lipinski definition) is 3. The fraction of sp³-hybridized carbons (Fsp3) is 0.154. The van der Waals surface area contributed by atoms with Crippen LogP contribution in [0.3, 0.4) is 0 Å². The summed E-state index contributed by atoms with van der Waals surface area (Å²) < 4.78 is 0. The second-order valence-electron chi connectivity index (χ2n) is 4.04. The molecule has 0 radical (unpaired) electrons. The van der Waals surface area contributed by atoms with Crippen LogP contribution in [0.4, 0.5) is 0 Å². The number of carbonyl (C=O) groups is 2. The van der Waals surface area contributed by atoms with Crippen molar-refractivity contribution in [2.45, 2.75) is 13.0 Å². The summed E-state index contributed by atoms with van der Waals surface area (Å²) >= 11 is 0. The molecule has 1 atom stereocenters. The monoisotopic (exact) mass is 259 g/mol. The molecule has 19 heavy (non-hydrogen) atoms. The number of hydrogen-bond donors (Lipinski definition) is 3. The lowest BCUT2D eigenvalue weighted by Crippen LogP contribution is -2.28. The maximum atomic E-state index is 12.0. The number of rotatable bonds is 4. The lowest BCUT2D eigenvalue weighted by Gasteiger charge is -2.13. The Bertz CT molecular complexity index is 592. The van der Waals surface area contributed by atoms with Gasteiger partial charge in [-0.3, -0.25) is 4.79 Å². The highest BCUT2D eigenvalue weighted by Crippen LogP contribution is 2.12. The van der Waals surface area contributed by atoms with Crippen LogP contribution in [0.5, 0.6) is 0 Å². The molecule has 0 saturated heterocycles. The maximum absolute atomic E-state index is 12.0. The zero-order valence-electron chi connectivity index (χ0n) is 10.3. The van der Waals surface area contributed by atoms with Crippen molar-refractivity contribution in [3.8, 4) is 0 Å². The van der Waals surface area contributed by atoms with Crippen molar-refractivity contribution < 1.29 is 14.7 Å². The normalized spacial score (nSPS) is 11.8. The molecule has 2 aromatic rings. The summed E-state index contributed by atoms with van der Waals surface area (Å²) in [5, 5.41) is 11.6. The van der Waals surface area contributed by atoms with Crippen LogP contribution in [0.2, 0.25) is 0 Å². The number of imidazole rings is 1. The summed E-state index contributed by atoms with van der Waals surface area (Å²) in [5.74, 6) is -1.73. The van der Waals surface area contributed by atoms with Gasteiger partial charge in [-0.05, 0) is 12.5 Å². The van der Waals surface area contributed by atoms with Gasteiger partial charge in [0.15, 0.2) is 11.4 Å². The fourth-order valence-electron chi connectivity index (χ4n) is 1.72. The maximum Gasteiger partial charge on any atom is 0.354 e. The van der Waals surface area contributed by atoms with E-state index in [9.17, 15) is 9.59 Å². The van der Waals surface area contributed by atoms with E-state index >= 15 is 0 Å². The highest BCUT2D eigenvalue weighted by Gasteiger charge is 2.21. The van der Waals surface area contributed by atoms with Crippen LogP contribution in [-0.2, 0) is 0 Å². The molecule has 1 aromatic carbocycles. The molecule has 2 rings (SSSR count). The van der Waals surface area contributed by atoms with Gasteiger partial charge in [0.2, 0.25) is 0 Å². The van der Waals surface area contributed by atoms with Gasteiger partial charge in [-0.2, -0.15) is 0 Å². The second kappa shape index (κ2) is 5.34. The SMILES string of the molecule is CC(NC(=O)c1nc[nH]c1C(=O)O)c1ccccc1.